The second-order valence-electron chi connectivity index (χ2n) is 11.9. The van der Waals surface area contributed by atoms with E-state index in [0.29, 0.717) is 11.8 Å². The number of carbonyl (C=O) groups is 4. The first-order chi connectivity index (χ1) is 21.7. The quantitative estimate of drug-likeness (QED) is 0.0726. The van der Waals surface area contributed by atoms with Crippen LogP contribution in [0.3, 0.4) is 0 Å². The minimum Gasteiger partial charge on any atom is -0.456 e. The highest BCUT2D eigenvalue weighted by molar-refractivity contribution is 6.32. The van der Waals surface area contributed by atoms with Crippen LogP contribution < -0.4 is 4.74 Å². The number of ketones is 1. The molecule has 2 saturated carbocycles. The molecule has 10 nitrogen and oxygen atoms in total. The summed E-state index contributed by atoms with van der Waals surface area (Å²) in [6, 6.07) is 17.8. The van der Waals surface area contributed by atoms with Gasteiger partial charge in [-0.1, -0.05) is 60.2 Å². The van der Waals surface area contributed by atoms with Crippen molar-refractivity contribution >= 4 is 40.9 Å². The molecule has 1 aliphatic heterocycles. The van der Waals surface area contributed by atoms with E-state index in [1.807, 2.05) is 30.3 Å². The van der Waals surface area contributed by atoms with Gasteiger partial charge >= 0.3 is 11.7 Å². The number of nitro benzene ring substituents is 1. The summed E-state index contributed by atoms with van der Waals surface area (Å²) in [7, 11) is 0. The first kappa shape index (κ1) is 28.9. The van der Waals surface area contributed by atoms with E-state index in [2.05, 4.69) is 12.2 Å². The molecule has 3 aromatic carbocycles. The van der Waals surface area contributed by atoms with Crippen molar-refractivity contribution in [2.75, 3.05) is 6.61 Å². The Kier molecular flexibility index (Phi) is 7.24. The van der Waals surface area contributed by atoms with E-state index < -0.39 is 41.2 Å². The van der Waals surface area contributed by atoms with Gasteiger partial charge in [-0.15, -0.1) is 0 Å². The fourth-order valence-electron chi connectivity index (χ4n) is 7.29. The number of likely N-dealkylation sites (tertiary alicyclic amines) is 1. The molecule has 2 bridgehead atoms. The lowest BCUT2D eigenvalue weighted by Gasteiger charge is -2.37. The minimum atomic E-state index is -1.20. The van der Waals surface area contributed by atoms with Crippen LogP contribution in [0.4, 0.5) is 5.69 Å². The third-order valence-electron chi connectivity index (χ3n) is 9.44. The van der Waals surface area contributed by atoms with Gasteiger partial charge < -0.3 is 9.47 Å². The van der Waals surface area contributed by atoms with Gasteiger partial charge in [0.05, 0.1) is 21.8 Å². The molecule has 45 heavy (non-hydrogen) atoms. The van der Waals surface area contributed by atoms with Gasteiger partial charge in [-0.25, -0.2) is 4.79 Å². The highest BCUT2D eigenvalue weighted by Gasteiger charge is 2.68. The predicted octanol–water partition coefficient (Wildman–Crippen LogP) is 5.43. The third kappa shape index (κ3) is 5.08. The molecule has 228 valence electrons. The maximum Gasteiger partial charge on any atom is 0.330 e. The van der Waals surface area contributed by atoms with Crippen LogP contribution in [0, 0.1) is 45.6 Å². The number of imide groups is 1. The second-order valence-corrected chi connectivity index (χ2v) is 12.3. The number of ether oxygens (including phenoxy) is 2. The number of hydrogen-bond donors (Lipinski definition) is 0. The number of para-hydroxylation sites is 1. The average Bonchev–Trinajstić information content (AvgIpc) is 3.83. The number of rotatable bonds is 10. The lowest BCUT2D eigenvalue weighted by molar-refractivity contribution is -0.385. The SMILES string of the molecule is O=C(COC(=O)[C@H](Cc1ccccc1)N1C(=O)[C@@H]2[C@H]3C=C[C@@H]([C@@H]4C[C@H]34)[C@@H]2C1=O)c1ccc(Oc2c(Cl)cccc2[N+](=O)[O-])cc1. The largest absolute Gasteiger partial charge is 0.456 e. The summed E-state index contributed by atoms with van der Waals surface area (Å²) in [6.45, 7) is -0.611. The molecule has 7 atom stereocenters. The second kappa shape index (κ2) is 11.3. The topological polar surface area (TPSA) is 133 Å². The first-order valence-electron chi connectivity index (χ1n) is 14.7. The maximum atomic E-state index is 13.8. The Labute approximate surface area is 262 Å². The Morgan fingerprint density at radius 3 is 2.18 bits per heavy atom. The number of benzene rings is 3. The lowest BCUT2D eigenvalue weighted by atomic mass is 9.63. The van der Waals surface area contributed by atoms with Crippen molar-refractivity contribution in [2.45, 2.75) is 18.9 Å². The summed E-state index contributed by atoms with van der Waals surface area (Å²) in [5, 5.41) is 11.4. The molecule has 1 heterocycles. The summed E-state index contributed by atoms with van der Waals surface area (Å²) in [4.78, 5) is 66.0. The number of amides is 2. The Morgan fingerprint density at radius 2 is 1.56 bits per heavy atom. The van der Waals surface area contributed by atoms with E-state index in [1.165, 1.54) is 42.5 Å². The zero-order valence-corrected chi connectivity index (χ0v) is 24.5. The van der Waals surface area contributed by atoms with Crippen molar-refractivity contribution in [3.63, 3.8) is 0 Å². The van der Waals surface area contributed by atoms with E-state index in [0.717, 1.165) is 16.9 Å². The summed E-state index contributed by atoms with van der Waals surface area (Å²) < 4.78 is 11.1. The monoisotopic (exact) mass is 626 g/mol. The third-order valence-corrected chi connectivity index (χ3v) is 9.73. The molecule has 0 N–H and O–H groups in total. The van der Waals surface area contributed by atoms with Crippen LogP contribution in [0.2, 0.25) is 5.02 Å². The summed E-state index contributed by atoms with van der Waals surface area (Å²) >= 11 is 6.10. The molecule has 2 amide bonds. The number of halogens is 1. The molecule has 4 aliphatic carbocycles. The van der Waals surface area contributed by atoms with Crippen LogP contribution >= 0.6 is 11.6 Å². The lowest BCUT2D eigenvalue weighted by Crippen LogP contribution is -2.48. The van der Waals surface area contributed by atoms with Crippen molar-refractivity contribution in [3.05, 3.63) is 111 Å². The van der Waals surface area contributed by atoms with Crippen LogP contribution in [-0.4, -0.2) is 46.0 Å². The molecule has 0 aromatic heterocycles. The molecule has 0 unspecified atom stereocenters. The summed E-state index contributed by atoms with van der Waals surface area (Å²) in [6.07, 6.45) is 5.24. The number of allylic oxidation sites excluding steroid dienone is 2. The van der Waals surface area contributed by atoms with Gasteiger partial charge in [-0.2, -0.15) is 0 Å². The van der Waals surface area contributed by atoms with E-state index in [-0.39, 0.29) is 57.8 Å². The number of hydrogen-bond acceptors (Lipinski definition) is 8. The Balaban J connectivity index is 1.06. The van der Waals surface area contributed by atoms with Gasteiger partial charge in [-0.3, -0.25) is 29.4 Å². The Bertz CT molecular complexity index is 1720. The molecular weight excluding hydrogens is 600 g/mol. The van der Waals surface area contributed by atoms with E-state index in [9.17, 15) is 29.3 Å². The van der Waals surface area contributed by atoms with Gasteiger partial charge in [0, 0.05) is 18.1 Å². The fourth-order valence-corrected chi connectivity index (χ4v) is 7.50. The first-order valence-corrected chi connectivity index (χ1v) is 15.1. The van der Waals surface area contributed by atoms with Crippen molar-refractivity contribution in [3.8, 4) is 11.5 Å². The zero-order chi connectivity index (χ0) is 31.4. The van der Waals surface area contributed by atoms with Gasteiger partial charge in [0.1, 0.15) is 11.8 Å². The van der Waals surface area contributed by atoms with Crippen molar-refractivity contribution in [2.24, 2.45) is 35.5 Å². The molecule has 3 fully saturated rings. The summed E-state index contributed by atoms with van der Waals surface area (Å²) in [5.74, 6) is -2.01. The van der Waals surface area contributed by atoms with E-state index in [4.69, 9.17) is 21.1 Å². The Hall–Kier alpha value is -4.83. The number of nitro groups is 1. The van der Waals surface area contributed by atoms with Crippen molar-refractivity contribution in [1.29, 1.82) is 0 Å². The van der Waals surface area contributed by atoms with Gasteiger partial charge in [0.15, 0.2) is 12.4 Å². The standard InChI is InChI=1S/C34H27ClN2O8/c35-25-7-4-8-26(37(42)43)31(25)45-20-11-9-19(10-12-20)28(38)17-44-34(41)27(15-18-5-2-1-3-6-18)36-32(39)29-21-13-14-22(24-16-23(21)24)30(29)33(36)40/h1-14,21-24,27,29-30H,15-17H2/t21-,22-,23-,24+,27-,29-,30+/m0/s1. The van der Waals surface area contributed by atoms with Crippen LogP contribution in [0.1, 0.15) is 22.3 Å². The van der Waals surface area contributed by atoms with E-state index in [1.54, 1.807) is 0 Å². The highest BCUT2D eigenvalue weighted by atomic mass is 35.5. The van der Waals surface area contributed by atoms with E-state index >= 15 is 0 Å². The smallest absolute Gasteiger partial charge is 0.330 e. The molecule has 5 aliphatic rings. The number of carbonyl (C=O) groups excluding carboxylic acids is 4. The van der Waals surface area contributed by atoms with Crippen LogP contribution in [0.25, 0.3) is 0 Å². The maximum absolute atomic E-state index is 13.8. The van der Waals surface area contributed by atoms with Crippen LogP contribution in [0.5, 0.6) is 11.5 Å². The number of nitrogens with zero attached hydrogens (tertiary/aromatic N) is 2. The zero-order valence-electron chi connectivity index (χ0n) is 23.8. The molecule has 0 radical (unpaired) electrons. The molecule has 11 heteroatoms. The van der Waals surface area contributed by atoms with Crippen LogP contribution in [0.15, 0.2) is 84.9 Å². The molecule has 0 spiro atoms. The molecular formula is C34H27ClN2O8. The Morgan fingerprint density at radius 1 is 0.911 bits per heavy atom. The minimum absolute atomic E-state index is 0.0115. The highest BCUT2D eigenvalue weighted by Crippen LogP contribution is 2.65. The normalized spacial score (nSPS) is 26.2. The van der Waals surface area contributed by atoms with Crippen LogP contribution in [-0.2, 0) is 25.5 Å². The average molecular weight is 627 g/mol. The molecule has 1 saturated heterocycles. The number of esters is 1. The fraction of sp³-hybridized carbons (Fsp3) is 0.294. The summed E-state index contributed by atoms with van der Waals surface area (Å²) in [5.41, 5.74) is 0.638. The molecule has 3 aromatic rings. The van der Waals surface area contributed by atoms with Crippen molar-refractivity contribution in [1.82, 2.24) is 4.90 Å². The predicted molar refractivity (Wildman–Crippen MR) is 160 cm³/mol. The van der Waals surface area contributed by atoms with Crippen molar-refractivity contribution < 1.29 is 33.6 Å². The number of Topliss-reactive ketones (excluding diaryl/α,β-unsaturated/α-hetero) is 1. The van der Waals surface area contributed by atoms with Gasteiger partial charge in [0.2, 0.25) is 17.6 Å². The van der Waals surface area contributed by atoms with Gasteiger partial charge in [-0.05, 0) is 66.0 Å². The van der Waals surface area contributed by atoms with Gasteiger partial charge in [0.25, 0.3) is 0 Å². The molecule has 8 rings (SSSR count).